The largest absolute Gasteiger partial charge is 0.463 e. The summed E-state index contributed by atoms with van der Waals surface area (Å²) in [6.07, 6.45) is 3.08. The summed E-state index contributed by atoms with van der Waals surface area (Å²) in [4.78, 5) is 35.6. The van der Waals surface area contributed by atoms with E-state index >= 15 is 0 Å². The van der Waals surface area contributed by atoms with Gasteiger partial charge in [-0.3, -0.25) is 24.4 Å². The van der Waals surface area contributed by atoms with Gasteiger partial charge in [-0.2, -0.15) is 0 Å². The number of nitro benzene ring substituents is 1. The standard InChI is InChI=1S/C22H25N3O7S/c1-15(2)32-22(27)14-19(18-6-4-5-7-20(18)25(28)29)23-21(26)13-10-16-8-11-17(12-9-16)24-33(3,30)31/h4-13,15,19,24H,14H2,1-3H3,(H,23,26)/b13-10+. The number of rotatable bonds is 10. The third kappa shape index (κ3) is 8.73. The molecule has 0 bridgehead atoms. The Hall–Kier alpha value is -3.73. The quantitative estimate of drug-likeness (QED) is 0.232. The Balaban J connectivity index is 2.19. The first kappa shape index (κ1) is 25.5. The smallest absolute Gasteiger partial charge is 0.308 e. The van der Waals surface area contributed by atoms with Crippen LogP contribution in [0.3, 0.4) is 0 Å². The highest BCUT2D eigenvalue weighted by molar-refractivity contribution is 7.92. The number of sulfonamides is 1. The summed E-state index contributed by atoms with van der Waals surface area (Å²) in [6.45, 7) is 3.35. The molecule has 2 rings (SSSR count). The van der Waals surface area contributed by atoms with Crippen molar-refractivity contribution in [2.24, 2.45) is 0 Å². The maximum Gasteiger partial charge on any atom is 0.308 e. The fourth-order valence-corrected chi connectivity index (χ4v) is 3.50. The van der Waals surface area contributed by atoms with Gasteiger partial charge in [0.15, 0.2) is 0 Å². The van der Waals surface area contributed by atoms with Crippen LogP contribution in [0.2, 0.25) is 0 Å². The van der Waals surface area contributed by atoms with E-state index in [2.05, 4.69) is 10.0 Å². The molecule has 0 heterocycles. The van der Waals surface area contributed by atoms with E-state index in [1.165, 1.54) is 42.5 Å². The highest BCUT2D eigenvalue weighted by Crippen LogP contribution is 2.27. The molecule has 1 unspecified atom stereocenters. The minimum Gasteiger partial charge on any atom is -0.463 e. The van der Waals surface area contributed by atoms with Gasteiger partial charge in [0.1, 0.15) is 0 Å². The van der Waals surface area contributed by atoms with Crippen LogP contribution < -0.4 is 10.0 Å². The van der Waals surface area contributed by atoms with Crippen LogP contribution in [0, 0.1) is 10.1 Å². The van der Waals surface area contributed by atoms with Gasteiger partial charge in [0.25, 0.3) is 5.69 Å². The number of ether oxygens (including phenoxy) is 1. The molecule has 2 aromatic carbocycles. The molecule has 0 aliphatic carbocycles. The lowest BCUT2D eigenvalue weighted by atomic mass is 10.0. The van der Waals surface area contributed by atoms with E-state index in [4.69, 9.17) is 4.74 Å². The highest BCUT2D eigenvalue weighted by Gasteiger charge is 2.26. The Morgan fingerprint density at radius 1 is 1.12 bits per heavy atom. The predicted octanol–water partition coefficient (Wildman–Crippen LogP) is 3.18. The zero-order valence-electron chi connectivity index (χ0n) is 18.3. The Labute approximate surface area is 191 Å². The molecule has 0 aliphatic rings. The molecule has 10 nitrogen and oxygen atoms in total. The predicted molar refractivity (Wildman–Crippen MR) is 124 cm³/mol. The average Bonchev–Trinajstić information content (AvgIpc) is 2.71. The van der Waals surface area contributed by atoms with Gasteiger partial charge in [-0.1, -0.05) is 30.3 Å². The lowest BCUT2D eigenvalue weighted by Gasteiger charge is -2.18. The van der Waals surface area contributed by atoms with Crippen molar-refractivity contribution in [1.29, 1.82) is 0 Å². The molecule has 176 valence electrons. The Bertz CT molecular complexity index is 1140. The molecule has 11 heteroatoms. The summed E-state index contributed by atoms with van der Waals surface area (Å²) in [7, 11) is -3.40. The number of amides is 1. The van der Waals surface area contributed by atoms with Crippen molar-refractivity contribution >= 4 is 39.4 Å². The first-order chi connectivity index (χ1) is 15.4. The third-order valence-corrected chi connectivity index (χ3v) is 4.81. The van der Waals surface area contributed by atoms with Gasteiger partial charge < -0.3 is 10.1 Å². The van der Waals surface area contributed by atoms with Crippen molar-refractivity contribution in [2.75, 3.05) is 11.0 Å². The van der Waals surface area contributed by atoms with Crippen LogP contribution in [0.15, 0.2) is 54.6 Å². The number of hydrogen-bond acceptors (Lipinski definition) is 7. The van der Waals surface area contributed by atoms with Crippen LogP contribution in [0.5, 0.6) is 0 Å². The van der Waals surface area contributed by atoms with E-state index in [-0.39, 0.29) is 23.8 Å². The zero-order valence-corrected chi connectivity index (χ0v) is 19.2. The van der Waals surface area contributed by atoms with Crippen molar-refractivity contribution in [3.63, 3.8) is 0 Å². The molecule has 0 aliphatic heterocycles. The van der Waals surface area contributed by atoms with E-state index in [9.17, 15) is 28.1 Å². The maximum absolute atomic E-state index is 12.5. The Morgan fingerprint density at radius 3 is 2.33 bits per heavy atom. The SMILES string of the molecule is CC(C)OC(=O)CC(NC(=O)/C=C/c1ccc(NS(C)(=O)=O)cc1)c1ccccc1[N+](=O)[O-]. The molecule has 33 heavy (non-hydrogen) atoms. The molecule has 2 N–H and O–H groups in total. The molecule has 1 atom stereocenters. The molecule has 0 fully saturated rings. The minimum atomic E-state index is -3.40. The van der Waals surface area contributed by atoms with Gasteiger partial charge in [0.2, 0.25) is 15.9 Å². The fourth-order valence-electron chi connectivity index (χ4n) is 2.93. The maximum atomic E-state index is 12.5. The van der Waals surface area contributed by atoms with Crippen molar-refractivity contribution < 1.29 is 27.7 Å². The van der Waals surface area contributed by atoms with E-state index in [1.807, 2.05) is 0 Å². The number of hydrogen-bond donors (Lipinski definition) is 2. The number of carbonyl (C=O) groups excluding carboxylic acids is 2. The van der Waals surface area contributed by atoms with Crippen LogP contribution in [-0.2, 0) is 24.3 Å². The van der Waals surface area contributed by atoms with Crippen LogP contribution >= 0.6 is 0 Å². The molecule has 0 radical (unpaired) electrons. The first-order valence-electron chi connectivity index (χ1n) is 9.94. The molecule has 0 aromatic heterocycles. The van der Waals surface area contributed by atoms with Crippen molar-refractivity contribution in [3.05, 3.63) is 75.8 Å². The Kier molecular flexibility index (Phi) is 8.69. The van der Waals surface area contributed by atoms with E-state index in [0.29, 0.717) is 11.3 Å². The van der Waals surface area contributed by atoms with Gasteiger partial charge in [-0.25, -0.2) is 8.42 Å². The van der Waals surface area contributed by atoms with Crippen LogP contribution in [0.25, 0.3) is 6.08 Å². The highest BCUT2D eigenvalue weighted by atomic mass is 32.2. The summed E-state index contributed by atoms with van der Waals surface area (Å²) in [5, 5.41) is 14.0. The number of carbonyl (C=O) groups is 2. The van der Waals surface area contributed by atoms with Gasteiger partial charge >= 0.3 is 5.97 Å². The van der Waals surface area contributed by atoms with Gasteiger partial charge in [-0.15, -0.1) is 0 Å². The number of para-hydroxylation sites is 1. The third-order valence-electron chi connectivity index (χ3n) is 4.20. The zero-order chi connectivity index (χ0) is 24.6. The normalized spacial score (nSPS) is 12.4. The lowest BCUT2D eigenvalue weighted by molar-refractivity contribution is -0.385. The van der Waals surface area contributed by atoms with E-state index in [0.717, 1.165) is 6.26 Å². The first-order valence-corrected chi connectivity index (χ1v) is 11.8. The fraction of sp³-hybridized carbons (Fsp3) is 0.273. The van der Waals surface area contributed by atoms with Crippen molar-refractivity contribution in [1.82, 2.24) is 5.32 Å². The molecule has 0 saturated heterocycles. The van der Waals surface area contributed by atoms with Crippen molar-refractivity contribution in [2.45, 2.75) is 32.4 Å². The molecule has 2 aromatic rings. The van der Waals surface area contributed by atoms with Crippen LogP contribution in [0.4, 0.5) is 11.4 Å². The second kappa shape index (κ2) is 11.2. The van der Waals surface area contributed by atoms with Gasteiger partial charge in [0.05, 0.1) is 35.3 Å². The summed E-state index contributed by atoms with van der Waals surface area (Å²) in [5.41, 5.74) is 0.948. The number of nitrogens with zero attached hydrogens (tertiary/aromatic N) is 1. The second-order valence-electron chi connectivity index (χ2n) is 7.45. The Morgan fingerprint density at radius 2 is 1.76 bits per heavy atom. The number of esters is 1. The second-order valence-corrected chi connectivity index (χ2v) is 9.20. The monoisotopic (exact) mass is 475 g/mol. The molecular weight excluding hydrogens is 450 g/mol. The summed E-state index contributed by atoms with van der Waals surface area (Å²) < 4.78 is 30.0. The van der Waals surface area contributed by atoms with Crippen LogP contribution in [-0.4, -0.2) is 37.6 Å². The van der Waals surface area contributed by atoms with Gasteiger partial charge in [-0.05, 0) is 37.6 Å². The topological polar surface area (TPSA) is 145 Å². The molecule has 1 amide bonds. The molecule has 0 spiro atoms. The molecular formula is C22H25N3O7S. The summed E-state index contributed by atoms with van der Waals surface area (Å²) in [5.74, 6) is -1.18. The minimum absolute atomic E-state index is 0.182. The number of nitro groups is 1. The number of benzene rings is 2. The van der Waals surface area contributed by atoms with E-state index < -0.39 is 32.9 Å². The van der Waals surface area contributed by atoms with Gasteiger partial charge in [0, 0.05) is 17.8 Å². The summed E-state index contributed by atoms with van der Waals surface area (Å²) in [6, 6.07) is 11.2. The average molecular weight is 476 g/mol. The molecule has 0 saturated carbocycles. The lowest BCUT2D eigenvalue weighted by Crippen LogP contribution is -2.30. The summed E-state index contributed by atoms with van der Waals surface area (Å²) >= 11 is 0. The number of anilines is 1. The number of nitrogens with one attached hydrogen (secondary N) is 2. The van der Waals surface area contributed by atoms with Crippen molar-refractivity contribution in [3.8, 4) is 0 Å². The van der Waals surface area contributed by atoms with Crippen LogP contribution in [0.1, 0.15) is 37.4 Å². The van der Waals surface area contributed by atoms with E-state index in [1.54, 1.807) is 32.0 Å².